The average Bonchev–Trinajstić information content (AvgIpc) is 3.88. The van der Waals surface area contributed by atoms with Crippen molar-refractivity contribution >= 4 is 71.6 Å². The van der Waals surface area contributed by atoms with E-state index in [4.69, 9.17) is 4.42 Å². The minimum Gasteiger partial charge on any atom is -0.455 e. The molecule has 0 aliphatic rings. The minimum atomic E-state index is 0.890. The van der Waals surface area contributed by atoms with E-state index in [1.54, 1.807) is 0 Å². The van der Waals surface area contributed by atoms with Crippen molar-refractivity contribution in [3.63, 3.8) is 0 Å². The molecule has 2 aromatic heterocycles. The van der Waals surface area contributed by atoms with Gasteiger partial charge in [-0.3, -0.25) is 0 Å². The first-order valence-electron chi connectivity index (χ1n) is 20.8. The van der Waals surface area contributed by atoms with Gasteiger partial charge in [0.15, 0.2) is 0 Å². The normalized spacial score (nSPS) is 11.6. The van der Waals surface area contributed by atoms with Gasteiger partial charge in [-0.2, -0.15) is 0 Å². The second kappa shape index (κ2) is 14.3. The van der Waals surface area contributed by atoms with Gasteiger partial charge >= 0.3 is 0 Å². The fourth-order valence-corrected chi connectivity index (χ4v) is 9.27. The van der Waals surface area contributed by atoms with Gasteiger partial charge in [-0.1, -0.05) is 164 Å². The minimum absolute atomic E-state index is 0.890. The Morgan fingerprint density at radius 1 is 0.328 bits per heavy atom. The lowest BCUT2D eigenvalue weighted by atomic mass is 10.00. The molecule has 2 heterocycles. The lowest BCUT2D eigenvalue weighted by molar-refractivity contribution is 0.670. The molecule has 286 valence electrons. The van der Waals surface area contributed by atoms with Crippen molar-refractivity contribution in [3.05, 3.63) is 231 Å². The first-order valence-corrected chi connectivity index (χ1v) is 20.8. The van der Waals surface area contributed by atoms with Gasteiger partial charge in [-0.25, -0.2) is 0 Å². The molecule has 0 spiro atoms. The molecule has 0 saturated carbocycles. The number of furan rings is 1. The Morgan fingerprint density at radius 2 is 0.885 bits per heavy atom. The highest BCUT2D eigenvalue weighted by atomic mass is 16.3. The first kappa shape index (κ1) is 34.9. The van der Waals surface area contributed by atoms with Crippen LogP contribution in [0.5, 0.6) is 0 Å². The molecule has 0 saturated heterocycles. The van der Waals surface area contributed by atoms with Crippen molar-refractivity contribution in [2.24, 2.45) is 0 Å². The van der Waals surface area contributed by atoms with Gasteiger partial charge < -0.3 is 13.9 Å². The average molecular weight is 779 g/mol. The van der Waals surface area contributed by atoms with Crippen LogP contribution in [0.3, 0.4) is 0 Å². The SMILES string of the molecule is c1ccc(-c2ccc(N(c3ccc(-c4ccc5oc6c(-c7ccccc7)cccc6c5c4)cc3)c3ccc4c(c3)c3ccccc3n4-c3cccc4ccccc34)cc2)cc1. The lowest BCUT2D eigenvalue weighted by Crippen LogP contribution is -2.10. The highest BCUT2D eigenvalue weighted by Crippen LogP contribution is 2.42. The van der Waals surface area contributed by atoms with E-state index in [0.29, 0.717) is 0 Å². The Balaban J connectivity index is 0.980. The highest BCUT2D eigenvalue weighted by Gasteiger charge is 2.19. The molecular formula is C58H38N2O. The number of anilines is 3. The maximum Gasteiger partial charge on any atom is 0.143 e. The van der Waals surface area contributed by atoms with E-state index in [1.807, 2.05) is 6.07 Å². The molecule has 0 radical (unpaired) electrons. The number of aromatic nitrogens is 1. The van der Waals surface area contributed by atoms with Crippen LogP contribution in [0.4, 0.5) is 17.1 Å². The summed E-state index contributed by atoms with van der Waals surface area (Å²) in [5.74, 6) is 0. The summed E-state index contributed by atoms with van der Waals surface area (Å²) < 4.78 is 8.93. The third-order valence-electron chi connectivity index (χ3n) is 12.2. The van der Waals surface area contributed by atoms with E-state index < -0.39 is 0 Å². The predicted octanol–water partition coefficient (Wildman–Crippen LogP) is 16.3. The van der Waals surface area contributed by atoms with Crippen molar-refractivity contribution in [2.75, 3.05) is 4.90 Å². The van der Waals surface area contributed by atoms with Crippen LogP contribution in [-0.4, -0.2) is 4.57 Å². The smallest absolute Gasteiger partial charge is 0.143 e. The monoisotopic (exact) mass is 778 g/mol. The summed E-state index contributed by atoms with van der Waals surface area (Å²) in [6.07, 6.45) is 0. The summed E-state index contributed by atoms with van der Waals surface area (Å²) in [5, 5.41) is 7.13. The van der Waals surface area contributed by atoms with Crippen LogP contribution in [0, 0.1) is 0 Å². The Kier molecular flexibility index (Phi) is 8.17. The summed E-state index contributed by atoms with van der Waals surface area (Å²) in [6.45, 7) is 0. The standard InChI is InChI=1S/C58H38N2O/c1-3-13-39(14-4-1)40-25-30-45(31-26-40)59(47-34-35-56-52(38-47)50-20-9-10-23-55(50)60(56)54-24-11-18-42-17-7-8-19-48(42)54)46-32-27-41(28-33-46)44-29-36-57-53(37-44)51-22-12-21-49(58(51)61-57)43-15-5-2-6-16-43/h1-38H. The fraction of sp³-hybridized carbons (Fsp3) is 0. The van der Waals surface area contributed by atoms with Crippen molar-refractivity contribution in [2.45, 2.75) is 0 Å². The summed E-state index contributed by atoms with van der Waals surface area (Å²) >= 11 is 0. The molecule has 0 bridgehead atoms. The number of hydrogen-bond donors (Lipinski definition) is 0. The molecule has 3 nitrogen and oxygen atoms in total. The molecule has 10 aromatic carbocycles. The molecule has 0 N–H and O–H groups in total. The van der Waals surface area contributed by atoms with E-state index in [2.05, 4.69) is 234 Å². The van der Waals surface area contributed by atoms with Gasteiger partial charge in [0.2, 0.25) is 0 Å². The van der Waals surface area contributed by atoms with Crippen molar-refractivity contribution in [3.8, 4) is 39.1 Å². The Labute approximate surface area is 353 Å². The zero-order valence-electron chi connectivity index (χ0n) is 33.2. The largest absolute Gasteiger partial charge is 0.455 e. The summed E-state index contributed by atoms with van der Waals surface area (Å²) in [4.78, 5) is 2.37. The predicted molar refractivity (Wildman–Crippen MR) is 257 cm³/mol. The molecule has 0 aliphatic carbocycles. The van der Waals surface area contributed by atoms with Crippen molar-refractivity contribution in [1.82, 2.24) is 4.57 Å². The Morgan fingerprint density at radius 3 is 1.66 bits per heavy atom. The third-order valence-corrected chi connectivity index (χ3v) is 12.2. The van der Waals surface area contributed by atoms with Gasteiger partial charge in [-0.15, -0.1) is 0 Å². The first-order chi connectivity index (χ1) is 30.2. The number of nitrogens with zero attached hydrogens (tertiary/aromatic N) is 2. The second-order valence-corrected chi connectivity index (χ2v) is 15.7. The summed E-state index contributed by atoms with van der Waals surface area (Å²) in [7, 11) is 0. The van der Waals surface area contributed by atoms with Crippen molar-refractivity contribution < 1.29 is 4.42 Å². The molecule has 0 atom stereocenters. The quantitative estimate of drug-likeness (QED) is 0.161. The van der Waals surface area contributed by atoms with Gasteiger partial charge in [0, 0.05) is 49.6 Å². The lowest BCUT2D eigenvalue weighted by Gasteiger charge is -2.26. The molecule has 0 amide bonds. The van der Waals surface area contributed by atoms with Gasteiger partial charge in [0.1, 0.15) is 11.2 Å². The van der Waals surface area contributed by atoms with E-state index in [-0.39, 0.29) is 0 Å². The third kappa shape index (κ3) is 5.90. The zero-order valence-corrected chi connectivity index (χ0v) is 33.2. The molecule has 3 heteroatoms. The topological polar surface area (TPSA) is 21.3 Å². The van der Waals surface area contributed by atoms with Gasteiger partial charge in [-0.05, 0) is 99.9 Å². The molecule has 0 unspecified atom stereocenters. The van der Waals surface area contributed by atoms with Crippen molar-refractivity contribution in [1.29, 1.82) is 0 Å². The van der Waals surface area contributed by atoms with E-state index in [0.717, 1.165) is 61.3 Å². The van der Waals surface area contributed by atoms with Crippen LogP contribution in [0.2, 0.25) is 0 Å². The number of rotatable bonds is 7. The molecule has 0 aliphatic heterocycles. The number of benzene rings is 10. The fourth-order valence-electron chi connectivity index (χ4n) is 9.27. The molecule has 12 aromatic rings. The Bertz CT molecular complexity index is 3560. The zero-order chi connectivity index (χ0) is 40.3. The maximum absolute atomic E-state index is 6.51. The highest BCUT2D eigenvalue weighted by molar-refractivity contribution is 6.12. The number of fused-ring (bicyclic) bond motifs is 7. The molecular weight excluding hydrogens is 741 g/mol. The van der Waals surface area contributed by atoms with Crippen LogP contribution in [0.25, 0.3) is 93.6 Å². The molecule has 12 rings (SSSR count). The van der Waals surface area contributed by atoms with Crippen LogP contribution in [0.1, 0.15) is 0 Å². The number of hydrogen-bond acceptors (Lipinski definition) is 2. The van der Waals surface area contributed by atoms with Crippen LogP contribution in [0.15, 0.2) is 235 Å². The van der Waals surface area contributed by atoms with E-state index in [9.17, 15) is 0 Å². The van der Waals surface area contributed by atoms with E-state index in [1.165, 1.54) is 49.4 Å². The van der Waals surface area contributed by atoms with Crippen LogP contribution >= 0.6 is 0 Å². The van der Waals surface area contributed by atoms with Crippen LogP contribution in [-0.2, 0) is 0 Å². The maximum atomic E-state index is 6.51. The van der Waals surface area contributed by atoms with E-state index >= 15 is 0 Å². The summed E-state index contributed by atoms with van der Waals surface area (Å²) in [5.41, 5.74) is 15.5. The molecule has 61 heavy (non-hydrogen) atoms. The van der Waals surface area contributed by atoms with Gasteiger partial charge in [0.05, 0.1) is 16.7 Å². The second-order valence-electron chi connectivity index (χ2n) is 15.7. The number of para-hydroxylation sites is 2. The molecule has 0 fully saturated rings. The Hall–Kier alpha value is -8.14. The van der Waals surface area contributed by atoms with Gasteiger partial charge in [0.25, 0.3) is 0 Å². The van der Waals surface area contributed by atoms with Crippen LogP contribution < -0.4 is 4.90 Å². The summed E-state index contributed by atoms with van der Waals surface area (Å²) in [6, 6.07) is 82.9.